The lowest BCUT2D eigenvalue weighted by Crippen LogP contribution is -2.15. The maximum Gasteiger partial charge on any atom is 0.248 e. The van der Waals surface area contributed by atoms with E-state index in [2.05, 4.69) is 6.58 Å². The number of hydrogen-bond donors (Lipinski definition) is 1. The van der Waals surface area contributed by atoms with Gasteiger partial charge in [-0.1, -0.05) is 49.1 Å². The highest BCUT2D eigenvalue weighted by molar-refractivity contribution is 5.95. The van der Waals surface area contributed by atoms with Crippen LogP contribution in [0.1, 0.15) is 13.3 Å². The van der Waals surface area contributed by atoms with E-state index >= 15 is 0 Å². The van der Waals surface area contributed by atoms with Crippen LogP contribution in [0.25, 0.3) is 0 Å². The Labute approximate surface area is 96.5 Å². The zero-order chi connectivity index (χ0) is 12.0. The summed E-state index contributed by atoms with van der Waals surface area (Å²) in [6.45, 7) is 5.95. The molecule has 1 unspecified atom stereocenters. The average molecular weight is 215 g/mol. The van der Waals surface area contributed by atoms with Gasteiger partial charge in [-0.2, -0.15) is 0 Å². The van der Waals surface area contributed by atoms with Gasteiger partial charge in [0.1, 0.15) is 0 Å². The molecule has 0 heterocycles. The zero-order valence-electron chi connectivity index (χ0n) is 9.52. The molecule has 0 saturated carbocycles. The van der Waals surface area contributed by atoms with Crippen molar-refractivity contribution in [2.75, 3.05) is 0 Å². The van der Waals surface area contributed by atoms with Crippen molar-refractivity contribution in [2.24, 2.45) is 11.7 Å². The first-order valence-electron chi connectivity index (χ1n) is 5.31. The largest absolute Gasteiger partial charge is 0.366 e. The summed E-state index contributed by atoms with van der Waals surface area (Å²) in [5.41, 5.74) is 6.79. The van der Waals surface area contributed by atoms with Gasteiger partial charge in [0.15, 0.2) is 0 Å². The van der Waals surface area contributed by atoms with E-state index in [0.717, 1.165) is 12.0 Å². The van der Waals surface area contributed by atoms with Crippen LogP contribution in [0.15, 0.2) is 60.3 Å². The van der Waals surface area contributed by atoms with Gasteiger partial charge in [-0.15, -0.1) is 0 Å². The molecule has 0 spiro atoms. The summed E-state index contributed by atoms with van der Waals surface area (Å²) in [6.07, 6.45) is 14.3. The summed E-state index contributed by atoms with van der Waals surface area (Å²) in [5, 5.41) is 0. The van der Waals surface area contributed by atoms with Crippen LogP contribution >= 0.6 is 0 Å². The lowest BCUT2D eigenvalue weighted by atomic mass is 9.90. The summed E-state index contributed by atoms with van der Waals surface area (Å²) >= 11 is 0. The van der Waals surface area contributed by atoms with Gasteiger partial charge >= 0.3 is 0 Å². The molecular weight excluding hydrogens is 198 g/mol. The lowest BCUT2D eigenvalue weighted by Gasteiger charge is -2.15. The van der Waals surface area contributed by atoms with Crippen LogP contribution < -0.4 is 5.73 Å². The van der Waals surface area contributed by atoms with E-state index in [0.29, 0.717) is 5.57 Å². The topological polar surface area (TPSA) is 43.1 Å². The van der Waals surface area contributed by atoms with Crippen LogP contribution in [-0.2, 0) is 4.79 Å². The van der Waals surface area contributed by atoms with Crippen molar-refractivity contribution in [2.45, 2.75) is 13.3 Å². The van der Waals surface area contributed by atoms with Crippen molar-refractivity contribution in [1.29, 1.82) is 0 Å². The predicted molar refractivity (Wildman–Crippen MR) is 67.6 cm³/mol. The Bertz CT molecular complexity index is 397. The third kappa shape index (κ3) is 3.39. The molecule has 2 heteroatoms. The van der Waals surface area contributed by atoms with E-state index in [-0.39, 0.29) is 11.8 Å². The van der Waals surface area contributed by atoms with Gasteiger partial charge in [-0.25, -0.2) is 0 Å². The van der Waals surface area contributed by atoms with Gasteiger partial charge < -0.3 is 5.73 Å². The molecule has 0 aromatic heterocycles. The molecule has 0 aromatic carbocycles. The van der Waals surface area contributed by atoms with Gasteiger partial charge in [0.25, 0.3) is 0 Å². The minimum atomic E-state index is -0.383. The summed E-state index contributed by atoms with van der Waals surface area (Å²) in [7, 11) is 0. The Kier molecular flexibility index (Phi) is 4.52. The smallest absolute Gasteiger partial charge is 0.248 e. The monoisotopic (exact) mass is 215 g/mol. The predicted octanol–water partition coefficient (Wildman–Crippen LogP) is 2.66. The van der Waals surface area contributed by atoms with Gasteiger partial charge in [-0.05, 0) is 18.9 Å². The molecule has 2 nitrogen and oxygen atoms in total. The van der Waals surface area contributed by atoms with E-state index < -0.39 is 0 Å². The van der Waals surface area contributed by atoms with Gasteiger partial charge in [0.05, 0.1) is 0 Å². The molecule has 1 amide bonds. The SMILES string of the molecule is C=C(C=CC=CC)C1C=C(C(N)=O)C=CC1. The molecule has 1 aliphatic carbocycles. The second-order valence-corrected chi connectivity index (χ2v) is 3.69. The number of carbonyl (C=O) groups is 1. The third-order valence-corrected chi connectivity index (χ3v) is 2.44. The summed E-state index contributed by atoms with van der Waals surface area (Å²) in [5.74, 6) is -0.208. The first-order chi connectivity index (χ1) is 7.65. The van der Waals surface area contributed by atoms with Crippen LogP contribution in [-0.4, -0.2) is 5.91 Å². The Morgan fingerprint density at radius 2 is 2.31 bits per heavy atom. The van der Waals surface area contributed by atoms with Crippen molar-refractivity contribution in [1.82, 2.24) is 0 Å². The fraction of sp³-hybridized carbons (Fsp3) is 0.214. The van der Waals surface area contributed by atoms with Crippen molar-refractivity contribution >= 4 is 5.91 Å². The van der Waals surface area contributed by atoms with E-state index in [1.807, 2.05) is 43.4 Å². The van der Waals surface area contributed by atoms with Crippen LogP contribution in [0, 0.1) is 5.92 Å². The highest BCUT2D eigenvalue weighted by atomic mass is 16.1. The number of allylic oxidation sites excluding steroid dienone is 7. The summed E-state index contributed by atoms with van der Waals surface area (Å²) in [6, 6.07) is 0. The minimum absolute atomic E-state index is 0.175. The van der Waals surface area contributed by atoms with Crippen molar-refractivity contribution in [3.63, 3.8) is 0 Å². The number of nitrogens with two attached hydrogens (primary N) is 1. The van der Waals surface area contributed by atoms with Gasteiger partial charge in [-0.3, -0.25) is 4.79 Å². The highest BCUT2D eigenvalue weighted by Crippen LogP contribution is 2.23. The third-order valence-electron chi connectivity index (χ3n) is 2.44. The van der Waals surface area contributed by atoms with E-state index in [1.54, 1.807) is 6.08 Å². The lowest BCUT2D eigenvalue weighted by molar-refractivity contribution is -0.114. The van der Waals surface area contributed by atoms with Crippen molar-refractivity contribution < 1.29 is 4.79 Å². The highest BCUT2D eigenvalue weighted by Gasteiger charge is 2.13. The molecule has 84 valence electrons. The molecule has 0 aromatic rings. The molecule has 1 atom stereocenters. The second kappa shape index (κ2) is 5.91. The fourth-order valence-corrected chi connectivity index (χ4v) is 1.52. The maximum atomic E-state index is 11.0. The number of rotatable bonds is 4. The second-order valence-electron chi connectivity index (χ2n) is 3.69. The molecule has 0 aliphatic heterocycles. The molecule has 0 bridgehead atoms. The quantitative estimate of drug-likeness (QED) is 0.720. The van der Waals surface area contributed by atoms with Gasteiger partial charge in [0.2, 0.25) is 5.91 Å². The van der Waals surface area contributed by atoms with Gasteiger partial charge in [0, 0.05) is 11.5 Å². The summed E-state index contributed by atoms with van der Waals surface area (Å²) in [4.78, 5) is 11.0. The summed E-state index contributed by atoms with van der Waals surface area (Å²) < 4.78 is 0. The fourth-order valence-electron chi connectivity index (χ4n) is 1.52. The van der Waals surface area contributed by atoms with Crippen LogP contribution in [0.5, 0.6) is 0 Å². The van der Waals surface area contributed by atoms with E-state index in [9.17, 15) is 4.79 Å². The normalized spacial score (nSPS) is 20.3. The Balaban J connectivity index is 2.72. The molecule has 2 N–H and O–H groups in total. The standard InChI is InChI=1S/C14H17NO/c1-3-4-5-7-11(2)12-8-6-9-13(10-12)14(15)16/h3-7,9-10,12H,2,8H2,1H3,(H2,15,16). The van der Waals surface area contributed by atoms with E-state index in [4.69, 9.17) is 5.73 Å². The number of hydrogen-bond acceptors (Lipinski definition) is 1. The van der Waals surface area contributed by atoms with Crippen LogP contribution in [0.3, 0.4) is 0 Å². The number of amides is 1. The Morgan fingerprint density at radius 1 is 1.56 bits per heavy atom. The van der Waals surface area contributed by atoms with Crippen molar-refractivity contribution in [3.05, 3.63) is 60.3 Å². The molecule has 0 saturated heterocycles. The molecule has 16 heavy (non-hydrogen) atoms. The Hall–Kier alpha value is -1.83. The van der Waals surface area contributed by atoms with Crippen molar-refractivity contribution in [3.8, 4) is 0 Å². The molecular formula is C14H17NO. The minimum Gasteiger partial charge on any atom is -0.366 e. The maximum absolute atomic E-state index is 11.0. The Morgan fingerprint density at radius 3 is 2.94 bits per heavy atom. The van der Waals surface area contributed by atoms with Crippen LogP contribution in [0.4, 0.5) is 0 Å². The first-order valence-corrected chi connectivity index (χ1v) is 5.31. The molecule has 0 fully saturated rings. The number of primary amides is 1. The molecule has 1 rings (SSSR count). The van der Waals surface area contributed by atoms with E-state index in [1.165, 1.54) is 0 Å². The molecule has 0 radical (unpaired) electrons. The average Bonchev–Trinajstić information content (AvgIpc) is 2.29. The van der Waals surface area contributed by atoms with Crippen LogP contribution in [0.2, 0.25) is 0 Å². The zero-order valence-corrected chi connectivity index (χ0v) is 9.52. The number of carbonyl (C=O) groups excluding carboxylic acids is 1. The molecule has 1 aliphatic rings. The first kappa shape index (κ1) is 12.2.